The van der Waals surface area contributed by atoms with Gasteiger partial charge in [0.25, 0.3) is 5.78 Å². The molecule has 1 amide bonds. The first-order chi connectivity index (χ1) is 17.4. The van der Waals surface area contributed by atoms with E-state index in [0.29, 0.717) is 34.4 Å². The molecule has 0 spiro atoms. The summed E-state index contributed by atoms with van der Waals surface area (Å²) in [5.74, 6) is -0.635. The van der Waals surface area contributed by atoms with Crippen molar-refractivity contribution in [3.63, 3.8) is 0 Å². The maximum atomic E-state index is 13.3. The van der Waals surface area contributed by atoms with Gasteiger partial charge in [-0.1, -0.05) is 43.5 Å². The van der Waals surface area contributed by atoms with Crippen LogP contribution in [0.25, 0.3) is 5.76 Å². The van der Waals surface area contributed by atoms with E-state index in [1.807, 2.05) is 32.0 Å². The number of carbonyl (C=O) groups excluding carboxylic acids is 2. The third-order valence-corrected chi connectivity index (χ3v) is 7.00. The predicted molar refractivity (Wildman–Crippen MR) is 141 cm³/mol. The summed E-state index contributed by atoms with van der Waals surface area (Å²) in [5.41, 5.74) is 2.86. The largest absolute Gasteiger partial charge is 0.507 e. The lowest BCUT2D eigenvalue weighted by Gasteiger charge is -2.24. The zero-order valence-corrected chi connectivity index (χ0v) is 21.7. The number of ketones is 1. The molecule has 1 saturated heterocycles. The summed E-state index contributed by atoms with van der Waals surface area (Å²) >= 11 is 1.25. The van der Waals surface area contributed by atoms with Crippen molar-refractivity contribution >= 4 is 33.9 Å². The average Bonchev–Trinajstić information content (AvgIpc) is 3.49. The van der Waals surface area contributed by atoms with Crippen molar-refractivity contribution in [1.29, 1.82) is 0 Å². The summed E-state index contributed by atoms with van der Waals surface area (Å²) in [5, 5.41) is 13.5. The summed E-state index contributed by atoms with van der Waals surface area (Å²) in [6.45, 7) is 6.46. The molecule has 7 nitrogen and oxygen atoms in total. The van der Waals surface area contributed by atoms with Gasteiger partial charge in [0, 0.05) is 17.1 Å². The number of hydrogen-bond donors (Lipinski definition) is 1. The molecule has 1 unspecified atom stereocenters. The first-order valence-corrected chi connectivity index (χ1v) is 12.8. The highest BCUT2D eigenvalue weighted by atomic mass is 32.1. The second-order valence-corrected chi connectivity index (χ2v) is 9.64. The van der Waals surface area contributed by atoms with E-state index in [4.69, 9.17) is 9.47 Å². The number of aliphatic hydroxyl groups excluding tert-OH is 1. The minimum absolute atomic E-state index is 0.0163. The molecule has 1 N–H and O–H groups in total. The minimum atomic E-state index is -0.876. The Labute approximate surface area is 215 Å². The van der Waals surface area contributed by atoms with Gasteiger partial charge in [-0.25, -0.2) is 4.98 Å². The molecule has 8 heteroatoms. The molecular formula is C28H30N2O5S. The van der Waals surface area contributed by atoms with Crippen LogP contribution in [-0.2, 0) is 9.59 Å². The summed E-state index contributed by atoms with van der Waals surface area (Å²) in [4.78, 5) is 32.2. The number of unbranched alkanes of at least 4 members (excludes halogenated alkanes) is 2. The highest BCUT2D eigenvalue weighted by Crippen LogP contribution is 2.44. The Kier molecular flexibility index (Phi) is 7.74. The summed E-state index contributed by atoms with van der Waals surface area (Å²) in [7, 11) is 1.55. The SMILES string of the molecule is CCCCCOc1ccc(C2/C(=C(\O)c3cc(C)ccc3C)C(=O)C(=O)N2c2nccs2)cc1OC. The third-order valence-electron chi connectivity index (χ3n) is 6.23. The maximum Gasteiger partial charge on any atom is 0.301 e. The summed E-state index contributed by atoms with van der Waals surface area (Å²) in [6.07, 6.45) is 4.67. The maximum absolute atomic E-state index is 13.3. The van der Waals surface area contributed by atoms with Gasteiger partial charge in [0.15, 0.2) is 16.6 Å². The number of amides is 1. The van der Waals surface area contributed by atoms with Crippen molar-refractivity contribution in [1.82, 2.24) is 4.98 Å². The smallest absolute Gasteiger partial charge is 0.301 e. The highest BCUT2D eigenvalue weighted by molar-refractivity contribution is 7.14. The van der Waals surface area contributed by atoms with Crippen LogP contribution in [0.5, 0.6) is 11.5 Å². The van der Waals surface area contributed by atoms with Gasteiger partial charge >= 0.3 is 5.91 Å². The Hall–Kier alpha value is -3.65. The Morgan fingerprint density at radius 1 is 1.11 bits per heavy atom. The molecule has 3 aromatic rings. The topological polar surface area (TPSA) is 89.0 Å². The van der Waals surface area contributed by atoms with Gasteiger partial charge in [-0.15, -0.1) is 11.3 Å². The van der Waals surface area contributed by atoms with E-state index in [0.717, 1.165) is 30.4 Å². The number of aryl methyl sites for hydroxylation is 2. The number of thiazole rings is 1. The first kappa shape index (κ1) is 25.4. The number of rotatable bonds is 9. The van der Waals surface area contributed by atoms with Gasteiger partial charge < -0.3 is 14.6 Å². The Bertz CT molecular complexity index is 1300. The monoisotopic (exact) mass is 506 g/mol. The lowest BCUT2D eigenvalue weighted by atomic mass is 9.93. The molecule has 188 valence electrons. The number of aromatic nitrogens is 1. The van der Waals surface area contributed by atoms with Gasteiger partial charge in [-0.2, -0.15) is 0 Å². The van der Waals surface area contributed by atoms with Crippen molar-refractivity contribution in [2.24, 2.45) is 0 Å². The Morgan fingerprint density at radius 3 is 2.61 bits per heavy atom. The third kappa shape index (κ3) is 4.86. The molecule has 1 fully saturated rings. The molecule has 1 aliphatic heterocycles. The number of benzene rings is 2. The number of nitrogens with zero attached hydrogens (tertiary/aromatic N) is 2. The normalized spacial score (nSPS) is 17.0. The fraction of sp³-hybridized carbons (Fsp3) is 0.321. The lowest BCUT2D eigenvalue weighted by Crippen LogP contribution is -2.29. The average molecular weight is 507 g/mol. The van der Waals surface area contributed by atoms with E-state index in [2.05, 4.69) is 11.9 Å². The van der Waals surface area contributed by atoms with Crippen LogP contribution >= 0.6 is 11.3 Å². The number of ether oxygens (including phenoxy) is 2. The zero-order chi connectivity index (χ0) is 25.8. The van der Waals surface area contributed by atoms with Crippen LogP contribution in [0.1, 0.15) is 54.5 Å². The molecule has 1 aliphatic rings. The van der Waals surface area contributed by atoms with Gasteiger partial charge in [0.2, 0.25) is 0 Å². The fourth-order valence-electron chi connectivity index (χ4n) is 4.32. The van der Waals surface area contributed by atoms with Gasteiger partial charge in [0.05, 0.1) is 25.3 Å². The van der Waals surface area contributed by atoms with Crippen LogP contribution in [0.2, 0.25) is 0 Å². The molecule has 0 radical (unpaired) electrons. The zero-order valence-electron chi connectivity index (χ0n) is 20.9. The number of Topliss-reactive ketones (excluding diaryl/α,β-unsaturated/α-hetero) is 1. The van der Waals surface area contributed by atoms with Crippen LogP contribution in [-0.4, -0.2) is 35.5 Å². The molecule has 4 rings (SSSR count). The first-order valence-electron chi connectivity index (χ1n) is 12.0. The summed E-state index contributed by atoms with van der Waals surface area (Å²) < 4.78 is 11.5. The molecule has 2 aromatic carbocycles. The van der Waals surface area contributed by atoms with Crippen LogP contribution in [0.4, 0.5) is 5.13 Å². The van der Waals surface area contributed by atoms with Crippen LogP contribution < -0.4 is 14.4 Å². The molecular weight excluding hydrogens is 476 g/mol. The van der Waals surface area contributed by atoms with Crippen molar-refractivity contribution < 1.29 is 24.2 Å². The standard InChI is InChI=1S/C28H30N2O5S/c1-5-6-7-13-35-21-11-10-19(16-22(21)34-4)24-23(25(31)20-15-17(2)8-9-18(20)3)26(32)27(33)30(24)28-29-12-14-36-28/h8-12,14-16,24,31H,5-7,13H2,1-4H3/b25-23+. The molecule has 1 aromatic heterocycles. The van der Waals surface area contributed by atoms with E-state index < -0.39 is 17.7 Å². The molecule has 36 heavy (non-hydrogen) atoms. The number of methoxy groups -OCH3 is 1. The summed E-state index contributed by atoms with van der Waals surface area (Å²) in [6, 6.07) is 10.1. The predicted octanol–water partition coefficient (Wildman–Crippen LogP) is 5.96. The number of carbonyl (C=O) groups is 2. The second kappa shape index (κ2) is 11.0. The number of hydrogen-bond acceptors (Lipinski definition) is 7. The molecule has 2 heterocycles. The van der Waals surface area contributed by atoms with Crippen molar-refractivity contribution in [3.8, 4) is 11.5 Å². The van der Waals surface area contributed by atoms with E-state index in [1.165, 1.54) is 16.2 Å². The van der Waals surface area contributed by atoms with Gasteiger partial charge in [-0.3, -0.25) is 14.5 Å². The van der Waals surface area contributed by atoms with Gasteiger partial charge in [0.1, 0.15) is 5.76 Å². The molecule has 1 atom stereocenters. The minimum Gasteiger partial charge on any atom is -0.507 e. The van der Waals surface area contributed by atoms with Crippen LogP contribution in [0, 0.1) is 13.8 Å². The molecule has 0 aliphatic carbocycles. The Morgan fingerprint density at radius 2 is 1.92 bits per heavy atom. The van der Waals surface area contributed by atoms with Crippen molar-refractivity contribution in [3.05, 3.63) is 75.8 Å². The van der Waals surface area contributed by atoms with Crippen molar-refractivity contribution in [2.45, 2.75) is 46.1 Å². The lowest BCUT2D eigenvalue weighted by molar-refractivity contribution is -0.132. The quantitative estimate of drug-likeness (QED) is 0.167. The van der Waals surface area contributed by atoms with Gasteiger partial charge in [-0.05, 0) is 49.6 Å². The van der Waals surface area contributed by atoms with E-state index in [9.17, 15) is 14.7 Å². The van der Waals surface area contributed by atoms with Crippen LogP contribution in [0.3, 0.4) is 0 Å². The highest BCUT2D eigenvalue weighted by Gasteiger charge is 2.48. The second-order valence-electron chi connectivity index (χ2n) is 8.77. The number of anilines is 1. The molecule has 0 bridgehead atoms. The van der Waals surface area contributed by atoms with E-state index >= 15 is 0 Å². The Balaban J connectivity index is 1.85. The number of aliphatic hydroxyl groups is 1. The van der Waals surface area contributed by atoms with Crippen LogP contribution in [0.15, 0.2) is 53.5 Å². The molecule has 0 saturated carbocycles. The fourth-order valence-corrected chi connectivity index (χ4v) is 4.99. The van der Waals surface area contributed by atoms with E-state index in [1.54, 1.807) is 36.9 Å². The van der Waals surface area contributed by atoms with Crippen molar-refractivity contribution in [2.75, 3.05) is 18.6 Å². The van der Waals surface area contributed by atoms with E-state index in [-0.39, 0.29) is 11.3 Å².